The fourth-order valence-corrected chi connectivity index (χ4v) is 4.77. The smallest absolute Gasteiger partial charge is 0.307 e. The molecule has 29 heavy (non-hydrogen) atoms. The summed E-state index contributed by atoms with van der Waals surface area (Å²) < 4.78 is 0. The van der Waals surface area contributed by atoms with E-state index < -0.39 is 17.8 Å². The zero-order chi connectivity index (χ0) is 21.0. The summed E-state index contributed by atoms with van der Waals surface area (Å²) >= 11 is 1.35. The number of carbonyl (C=O) groups is 3. The maximum absolute atomic E-state index is 13.0. The van der Waals surface area contributed by atoms with Crippen molar-refractivity contribution in [1.82, 2.24) is 0 Å². The molecule has 1 aromatic carbocycles. The molecule has 0 fully saturated rings. The Kier molecular flexibility index (Phi) is 6.49. The van der Waals surface area contributed by atoms with Gasteiger partial charge in [0.15, 0.2) is 0 Å². The molecule has 2 aromatic rings. The highest BCUT2D eigenvalue weighted by atomic mass is 32.1. The second-order valence-electron chi connectivity index (χ2n) is 7.00. The van der Waals surface area contributed by atoms with Gasteiger partial charge in [-0.15, -0.1) is 11.3 Å². The number of carbonyl (C=O) groups excluding carboxylic acids is 2. The predicted octanol–water partition coefficient (Wildman–Crippen LogP) is 4.48. The Morgan fingerprint density at radius 3 is 2.34 bits per heavy atom. The Balaban J connectivity index is 1.87. The minimum absolute atomic E-state index is 0.286. The van der Waals surface area contributed by atoms with Crippen LogP contribution in [0, 0.1) is 18.8 Å². The van der Waals surface area contributed by atoms with Gasteiger partial charge in [-0.05, 0) is 43.9 Å². The molecule has 1 aromatic heterocycles. The summed E-state index contributed by atoms with van der Waals surface area (Å²) in [5.74, 6) is -3.04. The molecule has 1 aliphatic rings. The number of carboxylic acids is 1. The number of benzene rings is 1. The SMILES string of the molecule is CCc1c(C)sc(NC(=O)[C@@H]2CC=CC[C@@H]2C(=O)O)c1C(=O)Nc1ccccc1. The van der Waals surface area contributed by atoms with Crippen molar-refractivity contribution in [2.24, 2.45) is 11.8 Å². The number of hydrogen-bond donors (Lipinski definition) is 3. The Morgan fingerprint density at radius 2 is 1.72 bits per heavy atom. The Labute approximate surface area is 173 Å². The van der Waals surface area contributed by atoms with E-state index in [1.54, 1.807) is 18.2 Å². The van der Waals surface area contributed by atoms with Crippen LogP contribution < -0.4 is 10.6 Å². The lowest BCUT2D eigenvalue weighted by molar-refractivity contribution is -0.146. The first-order chi connectivity index (χ1) is 13.9. The standard InChI is InChI=1S/C22H24N2O4S/c1-3-15-13(2)29-21(18(15)20(26)23-14-9-5-4-6-10-14)24-19(25)16-11-7-8-12-17(16)22(27)28/h4-10,16-17H,3,11-12H2,1-2H3,(H,23,26)(H,24,25)(H,27,28)/t16-,17+/m1/s1. The van der Waals surface area contributed by atoms with Gasteiger partial charge in [-0.3, -0.25) is 14.4 Å². The number of carboxylic acid groups (broad SMARTS) is 1. The molecule has 0 aliphatic heterocycles. The van der Waals surface area contributed by atoms with Crippen LogP contribution in [0.2, 0.25) is 0 Å². The topological polar surface area (TPSA) is 95.5 Å². The first-order valence-corrected chi connectivity index (χ1v) is 10.4. The van der Waals surface area contributed by atoms with Gasteiger partial charge in [0, 0.05) is 10.6 Å². The molecule has 0 saturated heterocycles. The lowest BCUT2D eigenvalue weighted by Gasteiger charge is -2.24. The number of aliphatic carboxylic acids is 1. The monoisotopic (exact) mass is 412 g/mol. The number of para-hydroxylation sites is 1. The Hall–Kier alpha value is -2.93. The molecule has 3 N–H and O–H groups in total. The van der Waals surface area contributed by atoms with Crippen molar-refractivity contribution in [3.05, 3.63) is 58.5 Å². The van der Waals surface area contributed by atoms with Gasteiger partial charge in [0.25, 0.3) is 5.91 Å². The summed E-state index contributed by atoms with van der Waals surface area (Å²) in [6.07, 6.45) is 4.99. The van der Waals surface area contributed by atoms with Crippen LogP contribution in [0.1, 0.15) is 40.6 Å². The largest absolute Gasteiger partial charge is 0.481 e. The van der Waals surface area contributed by atoms with Crippen molar-refractivity contribution in [3.63, 3.8) is 0 Å². The van der Waals surface area contributed by atoms with E-state index in [2.05, 4.69) is 10.6 Å². The highest BCUT2D eigenvalue weighted by Crippen LogP contribution is 2.35. The van der Waals surface area contributed by atoms with E-state index in [4.69, 9.17) is 0 Å². The fourth-order valence-electron chi connectivity index (χ4n) is 3.63. The van der Waals surface area contributed by atoms with Crippen LogP contribution in [0.15, 0.2) is 42.5 Å². The number of hydrogen-bond acceptors (Lipinski definition) is 4. The van der Waals surface area contributed by atoms with Gasteiger partial charge < -0.3 is 15.7 Å². The minimum Gasteiger partial charge on any atom is -0.481 e. The second-order valence-corrected chi connectivity index (χ2v) is 8.22. The lowest BCUT2D eigenvalue weighted by Crippen LogP contribution is -2.35. The molecule has 1 aliphatic carbocycles. The molecule has 0 bridgehead atoms. The minimum atomic E-state index is -0.979. The second kappa shape index (κ2) is 9.05. The van der Waals surface area contributed by atoms with Gasteiger partial charge in [0.05, 0.1) is 17.4 Å². The van der Waals surface area contributed by atoms with Crippen molar-refractivity contribution < 1.29 is 19.5 Å². The average molecular weight is 413 g/mol. The molecule has 2 amide bonds. The van der Waals surface area contributed by atoms with E-state index >= 15 is 0 Å². The Morgan fingerprint density at radius 1 is 1.07 bits per heavy atom. The highest BCUT2D eigenvalue weighted by molar-refractivity contribution is 7.16. The van der Waals surface area contributed by atoms with Crippen molar-refractivity contribution in [2.45, 2.75) is 33.1 Å². The van der Waals surface area contributed by atoms with Crippen molar-refractivity contribution in [3.8, 4) is 0 Å². The number of rotatable bonds is 6. The van der Waals surface area contributed by atoms with Gasteiger partial charge in [0.1, 0.15) is 5.00 Å². The van der Waals surface area contributed by atoms with Crippen LogP contribution in [-0.2, 0) is 16.0 Å². The molecular weight excluding hydrogens is 388 g/mol. The Bertz CT molecular complexity index is 949. The molecule has 3 rings (SSSR count). The maximum Gasteiger partial charge on any atom is 0.307 e. The third kappa shape index (κ3) is 4.56. The number of allylic oxidation sites excluding steroid dienone is 2. The maximum atomic E-state index is 13.0. The molecule has 0 unspecified atom stereocenters. The molecule has 0 spiro atoms. The van der Waals surface area contributed by atoms with Crippen LogP contribution in [0.3, 0.4) is 0 Å². The molecule has 0 saturated carbocycles. The first-order valence-electron chi connectivity index (χ1n) is 9.59. The molecule has 152 valence electrons. The summed E-state index contributed by atoms with van der Waals surface area (Å²) in [4.78, 5) is 38.4. The van der Waals surface area contributed by atoms with Crippen LogP contribution in [0.25, 0.3) is 0 Å². The highest BCUT2D eigenvalue weighted by Gasteiger charge is 2.35. The average Bonchev–Trinajstić information content (AvgIpc) is 3.03. The van der Waals surface area contributed by atoms with Crippen molar-refractivity contribution >= 4 is 39.8 Å². The van der Waals surface area contributed by atoms with Gasteiger partial charge in [0.2, 0.25) is 5.91 Å². The predicted molar refractivity (Wildman–Crippen MR) is 114 cm³/mol. The van der Waals surface area contributed by atoms with Crippen LogP contribution in [0.4, 0.5) is 10.7 Å². The van der Waals surface area contributed by atoms with E-state index in [-0.39, 0.29) is 11.8 Å². The summed E-state index contributed by atoms with van der Waals surface area (Å²) in [6.45, 7) is 3.88. The van der Waals surface area contributed by atoms with Crippen LogP contribution >= 0.6 is 11.3 Å². The molecule has 2 atom stereocenters. The van der Waals surface area contributed by atoms with Crippen molar-refractivity contribution in [1.29, 1.82) is 0 Å². The van der Waals surface area contributed by atoms with Crippen molar-refractivity contribution in [2.75, 3.05) is 10.6 Å². The zero-order valence-electron chi connectivity index (χ0n) is 16.4. The van der Waals surface area contributed by atoms with E-state index in [1.165, 1.54) is 11.3 Å². The molecule has 0 radical (unpaired) electrons. The molecular formula is C22H24N2O4S. The summed E-state index contributed by atoms with van der Waals surface area (Å²) in [7, 11) is 0. The van der Waals surface area contributed by atoms with Gasteiger partial charge in [-0.2, -0.15) is 0 Å². The molecule has 7 heteroatoms. The van der Waals surface area contributed by atoms with Crippen LogP contribution in [-0.4, -0.2) is 22.9 Å². The molecule has 6 nitrogen and oxygen atoms in total. The summed E-state index contributed by atoms with van der Waals surface area (Å²) in [5.41, 5.74) is 2.01. The van der Waals surface area contributed by atoms with Crippen LogP contribution in [0.5, 0.6) is 0 Å². The number of amides is 2. The van der Waals surface area contributed by atoms with E-state index in [0.717, 1.165) is 10.4 Å². The van der Waals surface area contributed by atoms with Gasteiger partial charge in [-0.1, -0.05) is 37.3 Å². The van der Waals surface area contributed by atoms with Gasteiger partial charge in [-0.25, -0.2) is 0 Å². The van der Waals surface area contributed by atoms with E-state index in [9.17, 15) is 19.5 Å². The fraction of sp³-hybridized carbons (Fsp3) is 0.318. The number of anilines is 2. The third-order valence-electron chi connectivity index (χ3n) is 5.14. The van der Waals surface area contributed by atoms with E-state index in [0.29, 0.717) is 35.5 Å². The van der Waals surface area contributed by atoms with E-state index in [1.807, 2.05) is 38.1 Å². The first kappa shape index (κ1) is 20.8. The quantitative estimate of drug-likeness (QED) is 0.610. The molecule has 1 heterocycles. The number of aryl methyl sites for hydroxylation is 1. The normalized spacial score (nSPS) is 18.3. The lowest BCUT2D eigenvalue weighted by atomic mass is 9.82. The van der Waals surface area contributed by atoms with Gasteiger partial charge >= 0.3 is 5.97 Å². The number of nitrogens with one attached hydrogen (secondary N) is 2. The summed E-state index contributed by atoms with van der Waals surface area (Å²) in [6, 6.07) is 9.13. The third-order valence-corrected chi connectivity index (χ3v) is 6.21. The number of thiophene rings is 1. The summed E-state index contributed by atoms with van der Waals surface area (Å²) in [5, 5.41) is 15.6. The zero-order valence-corrected chi connectivity index (χ0v) is 17.2.